The molecule has 6 aromatic rings. The lowest BCUT2D eigenvalue weighted by molar-refractivity contribution is -0.585. The van der Waals surface area contributed by atoms with Crippen LogP contribution in [-0.4, -0.2) is 0 Å². The largest absolute Gasteiger partial charge is 0.381 e. The predicted molar refractivity (Wildman–Crippen MR) is 153 cm³/mol. The van der Waals surface area contributed by atoms with Crippen molar-refractivity contribution in [3.63, 3.8) is 0 Å². The summed E-state index contributed by atoms with van der Waals surface area (Å²) in [6, 6.07) is 40.9. The molecule has 0 atom stereocenters. The smallest absolute Gasteiger partial charge is 0.0876 e. The van der Waals surface area contributed by atoms with Gasteiger partial charge < -0.3 is 0 Å². The molecule has 0 spiro atoms. The third kappa shape index (κ3) is 3.67. The molecule has 0 saturated heterocycles. The van der Waals surface area contributed by atoms with Gasteiger partial charge in [-0.25, -0.2) is 0 Å². The Balaban J connectivity index is 1.07. The van der Waals surface area contributed by atoms with E-state index in [0.717, 1.165) is 12.8 Å². The molecular formula is C34H22IS2+. The van der Waals surface area contributed by atoms with Crippen LogP contribution in [0.5, 0.6) is 0 Å². The van der Waals surface area contributed by atoms with Gasteiger partial charge in [0, 0.05) is 21.9 Å². The number of hydrogen-bond donors (Lipinski definition) is 0. The Kier molecular flexibility index (Phi) is 5.24. The molecule has 4 aromatic carbocycles. The standard InChI is InChI=1S/C34H22IS2/c1-3-9-23-21(7-1)19-29-25(23)11-5-13-27(29)31-15-17-33(36-31)35-34-18-16-32(37-34)28-14-6-12-26-24-10-4-2-8-22(24)20-30(26)28/h1-18H,19-20H2/q+1. The summed E-state index contributed by atoms with van der Waals surface area (Å²) in [5.41, 5.74) is 14.4. The molecule has 0 bridgehead atoms. The fourth-order valence-corrected chi connectivity index (χ4v) is 12.3. The van der Waals surface area contributed by atoms with Gasteiger partial charge in [-0.3, -0.25) is 0 Å². The van der Waals surface area contributed by atoms with Crippen LogP contribution in [0.3, 0.4) is 0 Å². The number of halogens is 1. The van der Waals surface area contributed by atoms with Crippen LogP contribution in [0.4, 0.5) is 0 Å². The Labute approximate surface area is 235 Å². The van der Waals surface area contributed by atoms with Crippen LogP contribution < -0.4 is 21.2 Å². The molecule has 8 rings (SSSR count). The van der Waals surface area contributed by atoms with E-state index >= 15 is 0 Å². The lowest BCUT2D eigenvalue weighted by Gasteiger charge is -2.06. The highest BCUT2D eigenvalue weighted by molar-refractivity contribution is 7.14. The van der Waals surface area contributed by atoms with Gasteiger partial charge in [-0.05, 0) is 80.6 Å². The molecular weight excluding hydrogens is 599 g/mol. The molecule has 37 heavy (non-hydrogen) atoms. The maximum atomic E-state index is 2.38. The minimum Gasteiger partial charge on any atom is -0.0876 e. The Bertz CT molecular complexity index is 1690. The Hall–Kier alpha value is -2.99. The molecule has 0 fully saturated rings. The monoisotopic (exact) mass is 621 g/mol. The van der Waals surface area contributed by atoms with Crippen molar-refractivity contribution in [1.82, 2.24) is 0 Å². The van der Waals surface area contributed by atoms with Crippen molar-refractivity contribution in [2.45, 2.75) is 12.8 Å². The third-order valence-corrected chi connectivity index (χ3v) is 13.5. The lowest BCUT2D eigenvalue weighted by Crippen LogP contribution is -3.61. The van der Waals surface area contributed by atoms with Crippen LogP contribution in [0.25, 0.3) is 43.1 Å². The predicted octanol–water partition coefficient (Wildman–Crippen LogP) is 6.41. The van der Waals surface area contributed by atoms with E-state index in [4.69, 9.17) is 0 Å². The van der Waals surface area contributed by atoms with Gasteiger partial charge in [-0.1, -0.05) is 108 Å². The Morgan fingerprint density at radius 1 is 0.405 bits per heavy atom. The van der Waals surface area contributed by atoms with Gasteiger partial charge in [0.05, 0.1) is 0 Å². The number of thiophene rings is 2. The molecule has 2 heterocycles. The first kappa shape index (κ1) is 22.0. The van der Waals surface area contributed by atoms with Crippen molar-refractivity contribution in [3.8, 4) is 43.1 Å². The second kappa shape index (κ2) is 8.80. The fourth-order valence-electron chi connectivity index (χ4n) is 5.89. The average molecular weight is 622 g/mol. The molecule has 0 amide bonds. The topological polar surface area (TPSA) is 0 Å². The third-order valence-electron chi connectivity index (χ3n) is 7.57. The van der Waals surface area contributed by atoms with E-state index in [-0.39, 0.29) is 21.2 Å². The molecule has 2 aliphatic carbocycles. The highest BCUT2D eigenvalue weighted by atomic mass is 127. The SMILES string of the molecule is c1ccc2c(c1)Cc1c(-c3ccc([I+]c4ccc(-c5cccc6c5Cc5ccccc5-6)s4)s3)cccc1-2. The summed E-state index contributed by atoms with van der Waals surface area (Å²) in [7, 11) is 0. The minimum absolute atomic E-state index is 0.184. The van der Waals surface area contributed by atoms with Crippen molar-refractivity contribution in [3.05, 3.63) is 137 Å². The first-order chi connectivity index (χ1) is 18.3. The molecule has 2 aliphatic rings. The highest BCUT2D eigenvalue weighted by Gasteiger charge is 2.26. The van der Waals surface area contributed by atoms with Gasteiger partial charge >= 0.3 is 21.2 Å². The van der Waals surface area contributed by atoms with E-state index in [1.54, 1.807) is 5.77 Å². The van der Waals surface area contributed by atoms with Crippen LogP contribution in [0.1, 0.15) is 22.3 Å². The zero-order valence-corrected chi connectivity index (χ0v) is 23.8. The van der Waals surface area contributed by atoms with Crippen molar-refractivity contribution in [2.75, 3.05) is 0 Å². The second-order valence-corrected chi connectivity index (χ2v) is 16.1. The van der Waals surface area contributed by atoms with E-state index in [2.05, 4.69) is 109 Å². The van der Waals surface area contributed by atoms with Gasteiger partial charge in [0.15, 0.2) is 0 Å². The molecule has 176 valence electrons. The quantitative estimate of drug-likeness (QED) is 0.199. The van der Waals surface area contributed by atoms with Gasteiger partial charge in [0.2, 0.25) is 5.77 Å². The second-order valence-electron chi connectivity index (χ2n) is 9.63. The van der Waals surface area contributed by atoms with Crippen molar-refractivity contribution < 1.29 is 21.2 Å². The van der Waals surface area contributed by atoms with E-state index in [9.17, 15) is 0 Å². The molecule has 3 heteroatoms. The summed E-state index contributed by atoms with van der Waals surface area (Å²) in [6.45, 7) is 0. The zero-order valence-electron chi connectivity index (χ0n) is 20.0. The Morgan fingerprint density at radius 2 is 0.838 bits per heavy atom. The first-order valence-electron chi connectivity index (χ1n) is 12.6. The highest BCUT2D eigenvalue weighted by Crippen LogP contribution is 2.43. The van der Waals surface area contributed by atoms with Gasteiger partial charge in [0.25, 0.3) is 0 Å². The van der Waals surface area contributed by atoms with Gasteiger partial charge in [-0.2, -0.15) is 0 Å². The lowest BCUT2D eigenvalue weighted by atomic mass is 10.0. The number of rotatable bonds is 4. The van der Waals surface area contributed by atoms with Crippen molar-refractivity contribution >= 4 is 22.7 Å². The van der Waals surface area contributed by atoms with Gasteiger partial charge in [0.1, 0.15) is 0 Å². The van der Waals surface area contributed by atoms with Crippen LogP contribution in [0.2, 0.25) is 0 Å². The number of benzene rings is 4. The molecule has 0 unspecified atom stereocenters. The molecule has 0 nitrogen and oxygen atoms in total. The van der Waals surface area contributed by atoms with Gasteiger partial charge in [-0.15, -0.1) is 0 Å². The molecule has 2 aromatic heterocycles. The maximum Gasteiger partial charge on any atom is 0.381 e. The number of fused-ring (bicyclic) bond motifs is 6. The fraction of sp³-hybridized carbons (Fsp3) is 0.0588. The van der Waals surface area contributed by atoms with Crippen molar-refractivity contribution in [1.29, 1.82) is 0 Å². The molecule has 0 aliphatic heterocycles. The first-order valence-corrected chi connectivity index (χ1v) is 16.4. The van der Waals surface area contributed by atoms with Crippen LogP contribution >= 0.6 is 22.7 Å². The number of hydrogen-bond acceptors (Lipinski definition) is 2. The summed E-state index contributed by atoms with van der Waals surface area (Å²) in [5, 5.41) is 0. The van der Waals surface area contributed by atoms with E-state index in [0.29, 0.717) is 0 Å². The summed E-state index contributed by atoms with van der Waals surface area (Å²) >= 11 is 3.81. The van der Waals surface area contributed by atoms with E-state index in [1.165, 1.54) is 65.4 Å². The summed E-state index contributed by atoms with van der Waals surface area (Å²) < 4.78 is 3.09. The van der Waals surface area contributed by atoms with Crippen molar-refractivity contribution in [2.24, 2.45) is 0 Å². The Morgan fingerprint density at radius 3 is 1.35 bits per heavy atom. The van der Waals surface area contributed by atoms with Crippen LogP contribution in [-0.2, 0) is 12.8 Å². The minimum atomic E-state index is -0.184. The molecule has 0 N–H and O–H groups in total. The van der Waals surface area contributed by atoms with Crippen LogP contribution in [0, 0.1) is 5.77 Å². The molecule has 0 radical (unpaired) electrons. The maximum absolute atomic E-state index is 2.38. The average Bonchev–Trinajstić information content (AvgIpc) is 3.73. The van der Waals surface area contributed by atoms with Crippen LogP contribution in [0.15, 0.2) is 109 Å². The summed E-state index contributed by atoms with van der Waals surface area (Å²) in [6.07, 6.45) is 2.09. The summed E-state index contributed by atoms with van der Waals surface area (Å²) in [4.78, 5) is 2.82. The van der Waals surface area contributed by atoms with E-state index < -0.39 is 0 Å². The zero-order chi connectivity index (χ0) is 24.3. The summed E-state index contributed by atoms with van der Waals surface area (Å²) in [5.74, 6) is 0. The normalized spacial score (nSPS) is 12.8. The molecule has 0 saturated carbocycles. The van der Waals surface area contributed by atoms with E-state index in [1.807, 2.05) is 22.7 Å².